The molecular formula is C18H20N6O2. The fourth-order valence-electron chi connectivity index (χ4n) is 2.42. The number of aryl methyl sites for hydroxylation is 2. The lowest BCUT2D eigenvalue weighted by atomic mass is 10.1. The average molecular weight is 352 g/mol. The molecule has 0 aliphatic carbocycles. The molecule has 1 amide bonds. The van der Waals surface area contributed by atoms with Crippen molar-refractivity contribution >= 4 is 23.4 Å². The number of anilines is 3. The first-order chi connectivity index (χ1) is 12.5. The topological polar surface area (TPSA) is 105 Å². The second kappa shape index (κ2) is 7.64. The number of carbonyl (C=O) groups excluding carboxylic acids is 1. The minimum absolute atomic E-state index is 0.185. The van der Waals surface area contributed by atoms with E-state index in [2.05, 4.69) is 31.1 Å². The lowest BCUT2D eigenvalue weighted by Gasteiger charge is -2.11. The molecule has 0 aliphatic rings. The van der Waals surface area contributed by atoms with Gasteiger partial charge in [-0.3, -0.25) is 4.79 Å². The van der Waals surface area contributed by atoms with E-state index >= 15 is 0 Å². The van der Waals surface area contributed by atoms with Crippen molar-refractivity contribution in [3.8, 4) is 0 Å². The van der Waals surface area contributed by atoms with Crippen LogP contribution in [0, 0.1) is 13.8 Å². The molecule has 3 aromatic rings. The van der Waals surface area contributed by atoms with Gasteiger partial charge in [-0.05, 0) is 31.5 Å². The summed E-state index contributed by atoms with van der Waals surface area (Å²) in [5.41, 5.74) is 3.67. The van der Waals surface area contributed by atoms with E-state index in [0.717, 1.165) is 22.8 Å². The molecule has 0 radical (unpaired) electrons. The Bertz CT molecular complexity index is 908. The number of hydrogen-bond acceptors (Lipinski definition) is 7. The van der Waals surface area contributed by atoms with Gasteiger partial charge < -0.3 is 20.5 Å². The zero-order chi connectivity index (χ0) is 18.5. The summed E-state index contributed by atoms with van der Waals surface area (Å²) in [6.07, 6.45) is 1.47. The van der Waals surface area contributed by atoms with Crippen LogP contribution in [0.4, 0.5) is 17.5 Å². The lowest BCUT2D eigenvalue weighted by Crippen LogP contribution is -2.23. The first-order valence-electron chi connectivity index (χ1n) is 8.13. The summed E-state index contributed by atoms with van der Waals surface area (Å²) in [5.74, 6) is 1.00. The van der Waals surface area contributed by atoms with Gasteiger partial charge in [-0.15, -0.1) is 0 Å². The highest BCUT2D eigenvalue weighted by Crippen LogP contribution is 2.19. The molecule has 2 aromatic heterocycles. The molecule has 3 N–H and O–H groups in total. The predicted molar refractivity (Wildman–Crippen MR) is 98.5 cm³/mol. The summed E-state index contributed by atoms with van der Waals surface area (Å²) in [5, 5.41) is 12.7. The van der Waals surface area contributed by atoms with E-state index in [1.165, 1.54) is 6.26 Å². The van der Waals surface area contributed by atoms with Crippen LogP contribution in [-0.2, 0) is 6.54 Å². The zero-order valence-electron chi connectivity index (χ0n) is 14.8. The molecular weight excluding hydrogens is 332 g/mol. The molecule has 3 rings (SSSR count). The Morgan fingerprint density at radius 1 is 1.15 bits per heavy atom. The van der Waals surface area contributed by atoms with Gasteiger partial charge in [-0.2, -0.15) is 4.98 Å². The van der Waals surface area contributed by atoms with Crippen LogP contribution >= 0.6 is 0 Å². The standard InChI is InChI=1S/C18H20N6O2/c1-11-4-5-13(22-18-21-12(2)8-16(19-3)23-18)9-15(11)17(25)20-10-14-6-7-26-24-14/h4-9H,10H2,1-3H3,(H,20,25)(H2,19,21,22,23). The van der Waals surface area contributed by atoms with E-state index in [1.807, 2.05) is 32.0 Å². The van der Waals surface area contributed by atoms with Crippen LogP contribution in [0.3, 0.4) is 0 Å². The molecule has 0 spiro atoms. The fraction of sp³-hybridized carbons (Fsp3) is 0.222. The van der Waals surface area contributed by atoms with Gasteiger partial charge in [-0.25, -0.2) is 4.98 Å². The highest BCUT2D eigenvalue weighted by atomic mass is 16.5. The maximum Gasteiger partial charge on any atom is 0.251 e. The Morgan fingerprint density at radius 2 is 2.00 bits per heavy atom. The first-order valence-corrected chi connectivity index (χ1v) is 8.13. The van der Waals surface area contributed by atoms with E-state index in [9.17, 15) is 4.79 Å². The number of amides is 1. The number of hydrogen-bond donors (Lipinski definition) is 3. The van der Waals surface area contributed by atoms with Gasteiger partial charge in [0.2, 0.25) is 5.95 Å². The molecule has 8 nitrogen and oxygen atoms in total. The van der Waals surface area contributed by atoms with Gasteiger partial charge in [0, 0.05) is 36.1 Å². The molecule has 0 bridgehead atoms. The Morgan fingerprint density at radius 3 is 2.73 bits per heavy atom. The summed E-state index contributed by atoms with van der Waals surface area (Å²) in [6.45, 7) is 4.08. The predicted octanol–water partition coefficient (Wildman–Crippen LogP) is 2.80. The summed E-state index contributed by atoms with van der Waals surface area (Å²) in [6, 6.07) is 9.09. The van der Waals surface area contributed by atoms with Crippen molar-refractivity contribution in [1.82, 2.24) is 20.4 Å². The molecule has 0 unspecified atom stereocenters. The zero-order valence-corrected chi connectivity index (χ0v) is 14.8. The van der Waals surface area contributed by atoms with E-state index < -0.39 is 0 Å². The highest BCUT2D eigenvalue weighted by molar-refractivity contribution is 5.96. The van der Waals surface area contributed by atoms with E-state index in [1.54, 1.807) is 19.2 Å². The Kier molecular flexibility index (Phi) is 5.12. The maximum atomic E-state index is 12.5. The van der Waals surface area contributed by atoms with E-state index in [4.69, 9.17) is 4.52 Å². The molecule has 8 heteroatoms. The van der Waals surface area contributed by atoms with Crippen LogP contribution in [-0.4, -0.2) is 28.1 Å². The largest absolute Gasteiger partial charge is 0.373 e. The molecule has 0 atom stereocenters. The molecule has 2 heterocycles. The number of nitrogens with zero attached hydrogens (tertiary/aromatic N) is 3. The second-order valence-corrected chi connectivity index (χ2v) is 5.80. The quantitative estimate of drug-likeness (QED) is 0.626. The molecule has 26 heavy (non-hydrogen) atoms. The molecule has 0 fully saturated rings. The number of benzene rings is 1. The molecule has 1 aromatic carbocycles. The summed E-state index contributed by atoms with van der Waals surface area (Å²) in [4.78, 5) is 21.2. The van der Waals surface area contributed by atoms with Crippen LogP contribution in [0.2, 0.25) is 0 Å². The third-order valence-electron chi connectivity index (χ3n) is 3.77. The van der Waals surface area contributed by atoms with Gasteiger partial charge in [0.25, 0.3) is 5.91 Å². The summed E-state index contributed by atoms with van der Waals surface area (Å²) >= 11 is 0. The van der Waals surface area contributed by atoms with Crippen LogP contribution in [0.25, 0.3) is 0 Å². The highest BCUT2D eigenvalue weighted by Gasteiger charge is 2.11. The van der Waals surface area contributed by atoms with Crippen molar-refractivity contribution in [2.45, 2.75) is 20.4 Å². The molecule has 0 saturated heterocycles. The van der Waals surface area contributed by atoms with Crippen molar-refractivity contribution in [3.05, 3.63) is 59.1 Å². The minimum atomic E-state index is -0.185. The first kappa shape index (κ1) is 17.4. The van der Waals surface area contributed by atoms with Crippen molar-refractivity contribution in [2.75, 3.05) is 17.7 Å². The monoisotopic (exact) mass is 352 g/mol. The van der Waals surface area contributed by atoms with Gasteiger partial charge in [-0.1, -0.05) is 11.2 Å². The lowest BCUT2D eigenvalue weighted by molar-refractivity contribution is 0.0949. The average Bonchev–Trinajstić information content (AvgIpc) is 3.14. The van der Waals surface area contributed by atoms with Crippen molar-refractivity contribution in [1.29, 1.82) is 0 Å². The molecule has 134 valence electrons. The van der Waals surface area contributed by atoms with Crippen molar-refractivity contribution < 1.29 is 9.32 Å². The molecule has 0 saturated carbocycles. The summed E-state index contributed by atoms with van der Waals surface area (Å²) in [7, 11) is 1.80. The molecule has 0 aliphatic heterocycles. The Balaban J connectivity index is 1.76. The number of rotatable bonds is 6. The number of aromatic nitrogens is 3. The van der Waals surface area contributed by atoms with E-state index in [0.29, 0.717) is 23.8 Å². The van der Waals surface area contributed by atoms with Gasteiger partial charge in [0.05, 0.1) is 6.54 Å². The number of carbonyl (C=O) groups is 1. The van der Waals surface area contributed by atoms with Gasteiger partial charge in [0.1, 0.15) is 17.8 Å². The smallest absolute Gasteiger partial charge is 0.251 e. The van der Waals surface area contributed by atoms with E-state index in [-0.39, 0.29) is 5.91 Å². The third-order valence-corrected chi connectivity index (χ3v) is 3.77. The fourth-order valence-corrected chi connectivity index (χ4v) is 2.42. The maximum absolute atomic E-state index is 12.5. The minimum Gasteiger partial charge on any atom is -0.373 e. The Labute approximate surface area is 151 Å². The normalized spacial score (nSPS) is 10.4. The number of nitrogens with one attached hydrogen (secondary N) is 3. The van der Waals surface area contributed by atoms with Crippen LogP contribution < -0.4 is 16.0 Å². The van der Waals surface area contributed by atoms with Crippen molar-refractivity contribution in [2.24, 2.45) is 0 Å². The summed E-state index contributed by atoms with van der Waals surface area (Å²) < 4.78 is 4.76. The van der Waals surface area contributed by atoms with Crippen LogP contribution in [0.1, 0.15) is 27.3 Å². The SMILES string of the molecule is CNc1cc(C)nc(Nc2ccc(C)c(C(=O)NCc3ccon3)c2)n1. The van der Waals surface area contributed by atoms with Crippen LogP contribution in [0.15, 0.2) is 41.1 Å². The van der Waals surface area contributed by atoms with Crippen LogP contribution in [0.5, 0.6) is 0 Å². The van der Waals surface area contributed by atoms with Crippen molar-refractivity contribution in [3.63, 3.8) is 0 Å². The van der Waals surface area contributed by atoms with Gasteiger partial charge in [0.15, 0.2) is 0 Å². The Hall–Kier alpha value is -3.42. The third kappa shape index (κ3) is 4.15. The second-order valence-electron chi connectivity index (χ2n) is 5.80. The van der Waals surface area contributed by atoms with Gasteiger partial charge >= 0.3 is 0 Å².